The van der Waals surface area contributed by atoms with Crippen LogP contribution in [-0.2, 0) is 9.53 Å². The standard InChI is InChI=1S/C12H23NO3/c1-12(2,3)8-13-10(11(14)15)9-4-6-16-7-5-9/h9-10,13H,4-8H2,1-3H3,(H,14,15)/t10-/m0/s1. The fourth-order valence-corrected chi connectivity index (χ4v) is 1.92. The minimum absolute atomic E-state index is 0.110. The van der Waals surface area contributed by atoms with E-state index in [0.29, 0.717) is 13.2 Å². The van der Waals surface area contributed by atoms with Gasteiger partial charge in [-0.25, -0.2) is 0 Å². The molecular formula is C12H23NO3. The van der Waals surface area contributed by atoms with Gasteiger partial charge in [-0.2, -0.15) is 0 Å². The second-order valence-corrected chi connectivity index (χ2v) is 5.71. The molecule has 94 valence electrons. The lowest BCUT2D eigenvalue weighted by Gasteiger charge is -2.30. The lowest BCUT2D eigenvalue weighted by molar-refractivity contribution is -0.142. The monoisotopic (exact) mass is 229 g/mol. The summed E-state index contributed by atoms with van der Waals surface area (Å²) in [6.45, 7) is 8.40. The number of carboxylic acid groups (broad SMARTS) is 1. The van der Waals surface area contributed by atoms with E-state index in [0.717, 1.165) is 19.4 Å². The number of nitrogens with one attached hydrogen (secondary N) is 1. The van der Waals surface area contributed by atoms with Gasteiger partial charge in [0.25, 0.3) is 0 Å². The van der Waals surface area contributed by atoms with Gasteiger partial charge in [0.05, 0.1) is 0 Å². The van der Waals surface area contributed by atoms with Gasteiger partial charge in [0, 0.05) is 19.8 Å². The van der Waals surface area contributed by atoms with Crippen molar-refractivity contribution in [1.29, 1.82) is 0 Å². The quantitative estimate of drug-likeness (QED) is 0.767. The Hall–Kier alpha value is -0.610. The molecular weight excluding hydrogens is 206 g/mol. The van der Waals surface area contributed by atoms with E-state index in [2.05, 4.69) is 26.1 Å². The molecule has 0 spiro atoms. The van der Waals surface area contributed by atoms with Crippen LogP contribution in [0.5, 0.6) is 0 Å². The molecule has 1 heterocycles. The SMILES string of the molecule is CC(C)(C)CN[C@H](C(=O)O)C1CCOCC1. The maximum Gasteiger partial charge on any atom is 0.320 e. The third kappa shape index (κ3) is 4.49. The molecule has 0 saturated carbocycles. The summed E-state index contributed by atoms with van der Waals surface area (Å²) in [5.74, 6) is -0.537. The molecule has 0 radical (unpaired) electrons. The first-order valence-corrected chi connectivity index (χ1v) is 5.94. The van der Waals surface area contributed by atoms with Gasteiger partial charge < -0.3 is 15.2 Å². The largest absolute Gasteiger partial charge is 0.480 e. The molecule has 0 amide bonds. The van der Waals surface area contributed by atoms with E-state index >= 15 is 0 Å². The first kappa shape index (κ1) is 13.5. The number of ether oxygens (including phenoxy) is 1. The van der Waals surface area contributed by atoms with Gasteiger partial charge >= 0.3 is 5.97 Å². The average molecular weight is 229 g/mol. The van der Waals surface area contributed by atoms with Crippen LogP contribution in [0.4, 0.5) is 0 Å². The molecule has 0 unspecified atom stereocenters. The first-order chi connectivity index (χ1) is 7.40. The molecule has 1 rings (SSSR count). The predicted molar refractivity (Wildman–Crippen MR) is 62.4 cm³/mol. The van der Waals surface area contributed by atoms with Crippen molar-refractivity contribution in [2.45, 2.75) is 39.7 Å². The van der Waals surface area contributed by atoms with Gasteiger partial charge in [-0.05, 0) is 24.2 Å². The van der Waals surface area contributed by atoms with E-state index in [1.165, 1.54) is 0 Å². The van der Waals surface area contributed by atoms with E-state index in [4.69, 9.17) is 4.74 Å². The molecule has 2 N–H and O–H groups in total. The van der Waals surface area contributed by atoms with Crippen LogP contribution in [0.25, 0.3) is 0 Å². The van der Waals surface area contributed by atoms with Crippen LogP contribution in [-0.4, -0.2) is 36.9 Å². The second-order valence-electron chi connectivity index (χ2n) is 5.71. The van der Waals surface area contributed by atoms with Crippen LogP contribution >= 0.6 is 0 Å². The van der Waals surface area contributed by atoms with Crippen LogP contribution < -0.4 is 5.32 Å². The van der Waals surface area contributed by atoms with Crippen LogP contribution in [0.2, 0.25) is 0 Å². The molecule has 1 aliphatic heterocycles. The fourth-order valence-electron chi connectivity index (χ4n) is 1.92. The molecule has 0 aliphatic carbocycles. The molecule has 16 heavy (non-hydrogen) atoms. The van der Waals surface area contributed by atoms with Crippen molar-refractivity contribution in [3.8, 4) is 0 Å². The third-order valence-corrected chi connectivity index (χ3v) is 2.86. The molecule has 4 heteroatoms. The fraction of sp³-hybridized carbons (Fsp3) is 0.917. The van der Waals surface area contributed by atoms with E-state index in [1.807, 2.05) is 0 Å². The summed E-state index contributed by atoms with van der Waals surface area (Å²) in [4.78, 5) is 11.2. The molecule has 1 saturated heterocycles. The number of hydrogen-bond acceptors (Lipinski definition) is 3. The molecule has 0 aromatic heterocycles. The van der Waals surface area contributed by atoms with Crippen molar-refractivity contribution < 1.29 is 14.6 Å². The summed E-state index contributed by atoms with van der Waals surface area (Å²) in [6, 6.07) is -0.428. The molecule has 0 bridgehead atoms. The third-order valence-electron chi connectivity index (χ3n) is 2.86. The van der Waals surface area contributed by atoms with Crippen molar-refractivity contribution in [3.63, 3.8) is 0 Å². The van der Waals surface area contributed by atoms with E-state index < -0.39 is 12.0 Å². The highest BCUT2D eigenvalue weighted by molar-refractivity contribution is 5.73. The van der Waals surface area contributed by atoms with Crippen molar-refractivity contribution in [3.05, 3.63) is 0 Å². The van der Waals surface area contributed by atoms with Gasteiger partial charge in [-0.3, -0.25) is 4.79 Å². The maximum absolute atomic E-state index is 11.2. The zero-order valence-electron chi connectivity index (χ0n) is 10.5. The van der Waals surface area contributed by atoms with Crippen LogP contribution in [0.3, 0.4) is 0 Å². The molecule has 0 aromatic carbocycles. The normalized spacial score (nSPS) is 20.7. The number of rotatable bonds is 4. The number of aliphatic carboxylic acids is 1. The number of carboxylic acids is 1. The lowest BCUT2D eigenvalue weighted by atomic mass is 9.90. The van der Waals surface area contributed by atoms with Gasteiger partial charge in [-0.1, -0.05) is 20.8 Å². The highest BCUT2D eigenvalue weighted by Gasteiger charge is 2.30. The summed E-state index contributed by atoms with van der Waals surface area (Å²) in [7, 11) is 0. The van der Waals surface area contributed by atoms with Crippen molar-refractivity contribution in [2.75, 3.05) is 19.8 Å². The molecule has 1 fully saturated rings. The Bertz CT molecular complexity index is 229. The first-order valence-electron chi connectivity index (χ1n) is 5.94. The van der Waals surface area contributed by atoms with Gasteiger partial charge in [-0.15, -0.1) is 0 Å². The van der Waals surface area contributed by atoms with Crippen LogP contribution in [0.1, 0.15) is 33.6 Å². The molecule has 1 aliphatic rings. The van der Waals surface area contributed by atoms with E-state index in [9.17, 15) is 9.90 Å². The second kappa shape index (κ2) is 5.64. The Labute approximate surface area is 97.4 Å². The van der Waals surface area contributed by atoms with Gasteiger partial charge in [0.2, 0.25) is 0 Å². The Morgan fingerprint density at radius 3 is 2.44 bits per heavy atom. The minimum Gasteiger partial charge on any atom is -0.480 e. The van der Waals surface area contributed by atoms with Crippen molar-refractivity contribution in [1.82, 2.24) is 5.32 Å². The number of hydrogen-bond donors (Lipinski definition) is 2. The smallest absolute Gasteiger partial charge is 0.320 e. The van der Waals surface area contributed by atoms with Gasteiger partial charge in [0.15, 0.2) is 0 Å². The average Bonchev–Trinajstić information content (AvgIpc) is 2.17. The summed E-state index contributed by atoms with van der Waals surface area (Å²) >= 11 is 0. The van der Waals surface area contributed by atoms with E-state index in [1.54, 1.807) is 0 Å². The molecule has 4 nitrogen and oxygen atoms in total. The Morgan fingerprint density at radius 2 is 2.00 bits per heavy atom. The predicted octanol–water partition coefficient (Wildman–Crippen LogP) is 1.50. The Morgan fingerprint density at radius 1 is 1.44 bits per heavy atom. The van der Waals surface area contributed by atoms with E-state index in [-0.39, 0.29) is 11.3 Å². The van der Waals surface area contributed by atoms with Crippen molar-refractivity contribution >= 4 is 5.97 Å². The zero-order chi connectivity index (χ0) is 12.2. The van der Waals surface area contributed by atoms with Gasteiger partial charge in [0.1, 0.15) is 6.04 Å². The molecule has 1 atom stereocenters. The Balaban J connectivity index is 2.49. The summed E-state index contributed by atoms with van der Waals surface area (Å²) in [5, 5.41) is 12.4. The number of carbonyl (C=O) groups is 1. The highest BCUT2D eigenvalue weighted by Crippen LogP contribution is 2.20. The lowest BCUT2D eigenvalue weighted by Crippen LogP contribution is -2.47. The topological polar surface area (TPSA) is 58.6 Å². The highest BCUT2D eigenvalue weighted by atomic mass is 16.5. The van der Waals surface area contributed by atoms with Crippen LogP contribution in [0, 0.1) is 11.3 Å². The summed E-state index contributed by atoms with van der Waals surface area (Å²) in [5.41, 5.74) is 0.110. The molecule has 0 aromatic rings. The maximum atomic E-state index is 11.2. The Kier molecular flexibility index (Phi) is 4.74. The zero-order valence-corrected chi connectivity index (χ0v) is 10.5. The van der Waals surface area contributed by atoms with Crippen LogP contribution in [0.15, 0.2) is 0 Å². The summed E-state index contributed by atoms with van der Waals surface area (Å²) < 4.78 is 5.25. The van der Waals surface area contributed by atoms with Crippen molar-refractivity contribution in [2.24, 2.45) is 11.3 Å². The summed E-state index contributed by atoms with van der Waals surface area (Å²) in [6.07, 6.45) is 1.68. The minimum atomic E-state index is -0.740.